The monoisotopic (exact) mass is 208 g/mol. The summed E-state index contributed by atoms with van der Waals surface area (Å²) in [5.74, 6) is 0. The predicted molar refractivity (Wildman–Crippen MR) is 60.4 cm³/mol. The first-order valence-electron chi connectivity index (χ1n) is 5.34. The molecular formula is C12H17FN2. The molecule has 2 N–H and O–H groups in total. The number of halogens is 1. The van der Waals surface area contributed by atoms with Gasteiger partial charge in [0.05, 0.1) is 0 Å². The van der Waals surface area contributed by atoms with E-state index in [2.05, 4.69) is 4.90 Å². The minimum absolute atomic E-state index is 0.562. The van der Waals surface area contributed by atoms with Gasteiger partial charge in [-0.05, 0) is 37.6 Å². The molecule has 1 heterocycles. The number of nitrogen functional groups attached to an aromatic ring is 1. The average Bonchev–Trinajstić information content (AvgIpc) is 2.23. The number of rotatable bonds is 1. The van der Waals surface area contributed by atoms with Crippen molar-refractivity contribution >= 4 is 5.69 Å². The molecule has 0 aliphatic carbocycles. The lowest BCUT2D eigenvalue weighted by molar-refractivity contribution is 0.0674. The molecule has 0 radical (unpaired) electrons. The second kappa shape index (κ2) is 3.81. The Bertz CT molecular complexity index is 343. The summed E-state index contributed by atoms with van der Waals surface area (Å²) in [6.07, 6.45) is 1.12. The van der Waals surface area contributed by atoms with E-state index in [4.69, 9.17) is 5.73 Å². The number of alkyl halides is 1. The van der Waals surface area contributed by atoms with Crippen molar-refractivity contribution in [2.24, 2.45) is 0 Å². The quantitative estimate of drug-likeness (QED) is 0.717. The molecule has 0 unspecified atom stereocenters. The lowest BCUT2D eigenvalue weighted by atomic mass is 9.86. The van der Waals surface area contributed by atoms with E-state index >= 15 is 0 Å². The molecule has 1 fully saturated rings. The van der Waals surface area contributed by atoms with Crippen molar-refractivity contribution < 1.29 is 4.39 Å². The van der Waals surface area contributed by atoms with Gasteiger partial charge in [0.2, 0.25) is 0 Å². The first-order valence-corrected chi connectivity index (χ1v) is 5.34. The summed E-state index contributed by atoms with van der Waals surface area (Å²) in [5, 5.41) is 0. The van der Waals surface area contributed by atoms with Gasteiger partial charge in [-0.3, -0.25) is 0 Å². The first-order chi connectivity index (χ1) is 7.10. The summed E-state index contributed by atoms with van der Waals surface area (Å²) in [4.78, 5) is 2.16. The van der Waals surface area contributed by atoms with E-state index in [9.17, 15) is 4.39 Å². The van der Waals surface area contributed by atoms with Crippen LogP contribution >= 0.6 is 0 Å². The third kappa shape index (κ3) is 2.12. The molecule has 3 heteroatoms. The van der Waals surface area contributed by atoms with Gasteiger partial charge in [-0.2, -0.15) is 0 Å². The van der Waals surface area contributed by atoms with Crippen molar-refractivity contribution in [3.8, 4) is 0 Å². The number of nitrogens with two attached hydrogens (primary N) is 1. The molecule has 0 aromatic heterocycles. The normalized spacial score (nSPS) is 21.5. The van der Waals surface area contributed by atoms with E-state index in [1.165, 1.54) is 0 Å². The van der Waals surface area contributed by atoms with Gasteiger partial charge < -0.3 is 10.6 Å². The van der Waals surface area contributed by atoms with Crippen LogP contribution in [0, 0.1) is 0 Å². The minimum atomic E-state index is -1.18. The van der Waals surface area contributed by atoms with E-state index in [0.29, 0.717) is 18.5 Å². The Morgan fingerprint density at radius 1 is 1.33 bits per heavy atom. The molecule has 15 heavy (non-hydrogen) atoms. The Balaban J connectivity index is 2.22. The third-order valence-corrected chi connectivity index (χ3v) is 3.18. The highest BCUT2D eigenvalue weighted by atomic mass is 19.1. The number of anilines is 1. The largest absolute Gasteiger partial charge is 0.399 e. The van der Waals surface area contributed by atoms with Gasteiger partial charge in [0, 0.05) is 18.8 Å². The standard InChI is InChI=1S/C12H17FN2/c1-15-7-5-12(13,6-8-15)10-3-2-4-11(14)9-10/h2-4,9H,5-8,14H2,1H3. The van der Waals surface area contributed by atoms with Crippen molar-refractivity contribution in [1.82, 2.24) is 4.90 Å². The maximum absolute atomic E-state index is 14.6. The van der Waals surface area contributed by atoms with E-state index in [0.717, 1.165) is 18.7 Å². The zero-order valence-corrected chi connectivity index (χ0v) is 9.04. The number of benzene rings is 1. The molecule has 1 saturated heterocycles. The summed E-state index contributed by atoms with van der Waals surface area (Å²) in [7, 11) is 2.03. The second-order valence-corrected chi connectivity index (χ2v) is 4.39. The molecule has 1 aromatic carbocycles. The SMILES string of the molecule is CN1CCC(F)(c2cccc(N)c2)CC1. The molecule has 1 aliphatic rings. The van der Waals surface area contributed by atoms with Gasteiger partial charge in [0.1, 0.15) is 5.67 Å². The molecule has 2 rings (SSSR count). The zero-order valence-electron chi connectivity index (χ0n) is 9.04. The lowest BCUT2D eigenvalue weighted by Crippen LogP contribution is -2.38. The molecule has 0 atom stereocenters. The highest BCUT2D eigenvalue weighted by Crippen LogP contribution is 2.37. The zero-order chi connectivity index (χ0) is 10.9. The van der Waals surface area contributed by atoms with Crippen LogP contribution in [0.25, 0.3) is 0 Å². The molecule has 0 bridgehead atoms. The Hall–Kier alpha value is -1.09. The molecule has 0 spiro atoms. The number of hydrogen-bond acceptors (Lipinski definition) is 2. The molecule has 0 amide bonds. The molecule has 2 nitrogen and oxygen atoms in total. The topological polar surface area (TPSA) is 29.3 Å². The van der Waals surface area contributed by atoms with E-state index in [1.807, 2.05) is 19.2 Å². The van der Waals surface area contributed by atoms with Crippen molar-refractivity contribution in [2.75, 3.05) is 25.9 Å². The Morgan fingerprint density at radius 2 is 2.00 bits per heavy atom. The van der Waals surface area contributed by atoms with E-state index in [1.54, 1.807) is 12.1 Å². The van der Waals surface area contributed by atoms with Gasteiger partial charge in [0.25, 0.3) is 0 Å². The second-order valence-electron chi connectivity index (χ2n) is 4.39. The first kappa shape index (κ1) is 10.4. The highest BCUT2D eigenvalue weighted by molar-refractivity contribution is 5.42. The van der Waals surface area contributed by atoms with Crippen molar-refractivity contribution in [3.63, 3.8) is 0 Å². The number of hydrogen-bond donors (Lipinski definition) is 1. The Kier molecular flexibility index (Phi) is 2.65. The smallest absolute Gasteiger partial charge is 0.138 e. The van der Waals surface area contributed by atoms with Gasteiger partial charge in [-0.15, -0.1) is 0 Å². The van der Waals surface area contributed by atoms with E-state index < -0.39 is 5.67 Å². The molecule has 1 aliphatic heterocycles. The maximum atomic E-state index is 14.6. The summed E-state index contributed by atoms with van der Waals surface area (Å²) in [6.45, 7) is 1.62. The van der Waals surface area contributed by atoms with Gasteiger partial charge in [-0.1, -0.05) is 12.1 Å². The van der Waals surface area contributed by atoms with Crippen LogP contribution in [-0.2, 0) is 5.67 Å². The summed E-state index contributed by atoms with van der Waals surface area (Å²) >= 11 is 0. The van der Waals surface area contributed by atoms with Crippen LogP contribution in [-0.4, -0.2) is 25.0 Å². The Labute approximate surface area is 89.9 Å². The predicted octanol–water partition coefficient (Wildman–Crippen LogP) is 2.16. The van der Waals surface area contributed by atoms with Crippen LogP contribution < -0.4 is 5.73 Å². The molecule has 0 saturated carbocycles. The van der Waals surface area contributed by atoms with Crippen LogP contribution in [0.3, 0.4) is 0 Å². The number of likely N-dealkylation sites (tertiary alicyclic amines) is 1. The lowest BCUT2D eigenvalue weighted by Gasteiger charge is -2.34. The van der Waals surface area contributed by atoms with Crippen molar-refractivity contribution in [2.45, 2.75) is 18.5 Å². The third-order valence-electron chi connectivity index (χ3n) is 3.18. The van der Waals surface area contributed by atoms with Crippen LogP contribution in [0.15, 0.2) is 24.3 Å². The maximum Gasteiger partial charge on any atom is 0.138 e. The van der Waals surface area contributed by atoms with Crippen molar-refractivity contribution in [1.29, 1.82) is 0 Å². The fourth-order valence-electron chi connectivity index (χ4n) is 2.08. The Morgan fingerprint density at radius 3 is 2.60 bits per heavy atom. The van der Waals surface area contributed by atoms with Crippen LogP contribution in [0.4, 0.5) is 10.1 Å². The van der Waals surface area contributed by atoms with Crippen LogP contribution in [0.5, 0.6) is 0 Å². The van der Waals surface area contributed by atoms with Gasteiger partial charge >= 0.3 is 0 Å². The number of piperidine rings is 1. The average molecular weight is 208 g/mol. The summed E-state index contributed by atoms with van der Waals surface area (Å²) in [6, 6.07) is 7.21. The van der Waals surface area contributed by atoms with Gasteiger partial charge in [0.15, 0.2) is 0 Å². The summed E-state index contributed by atoms with van der Waals surface area (Å²) < 4.78 is 14.6. The highest BCUT2D eigenvalue weighted by Gasteiger charge is 2.35. The molecule has 82 valence electrons. The van der Waals surface area contributed by atoms with Gasteiger partial charge in [-0.25, -0.2) is 4.39 Å². The van der Waals surface area contributed by atoms with E-state index in [-0.39, 0.29) is 0 Å². The molecular weight excluding hydrogens is 191 g/mol. The number of nitrogens with zero attached hydrogens (tertiary/aromatic N) is 1. The fraction of sp³-hybridized carbons (Fsp3) is 0.500. The summed E-state index contributed by atoms with van der Waals surface area (Å²) in [5.41, 5.74) is 5.87. The van der Waals surface area contributed by atoms with Crippen LogP contribution in [0.2, 0.25) is 0 Å². The van der Waals surface area contributed by atoms with Crippen LogP contribution in [0.1, 0.15) is 18.4 Å². The molecule has 1 aromatic rings. The minimum Gasteiger partial charge on any atom is -0.399 e. The van der Waals surface area contributed by atoms with Crippen molar-refractivity contribution in [3.05, 3.63) is 29.8 Å². The fourth-order valence-corrected chi connectivity index (χ4v) is 2.08.